The van der Waals surface area contributed by atoms with E-state index in [-0.39, 0.29) is 18.1 Å². The van der Waals surface area contributed by atoms with Crippen molar-refractivity contribution in [3.8, 4) is 0 Å². The first-order valence-corrected chi connectivity index (χ1v) is 12.5. The van der Waals surface area contributed by atoms with Crippen LogP contribution in [0.4, 0.5) is 10.1 Å². The van der Waals surface area contributed by atoms with E-state index in [0.29, 0.717) is 13.0 Å². The summed E-state index contributed by atoms with van der Waals surface area (Å²) >= 11 is 0. The standard InChI is InChI=1S/C24H33FN4O4S/c1-6-21(24(31)26-7-2)28(16-19-12-10-11-18(3)15-19)23(30)17-29(34(32,33)27(4)5)22-14-9-8-13-20(22)25/h8-15,21H,6-7,16-17H2,1-5H3,(H,26,31)/t21-/m1/s1. The smallest absolute Gasteiger partial charge is 0.304 e. The number of likely N-dealkylation sites (N-methyl/N-ethyl adjacent to an activating group) is 1. The number of aryl methyl sites for hydroxylation is 1. The summed E-state index contributed by atoms with van der Waals surface area (Å²) in [6, 6.07) is 12.0. The van der Waals surface area contributed by atoms with Gasteiger partial charge in [-0.25, -0.2) is 8.70 Å². The third-order valence-corrected chi connectivity index (χ3v) is 7.12. The molecule has 0 heterocycles. The molecule has 0 saturated heterocycles. The number of rotatable bonds is 11. The first-order chi connectivity index (χ1) is 16.0. The molecule has 0 fully saturated rings. The number of hydrogen-bond donors (Lipinski definition) is 1. The largest absolute Gasteiger partial charge is 0.355 e. The molecule has 8 nitrogen and oxygen atoms in total. The fourth-order valence-electron chi connectivity index (χ4n) is 3.57. The number of nitrogens with zero attached hydrogens (tertiary/aromatic N) is 3. The highest BCUT2D eigenvalue weighted by atomic mass is 32.2. The Hall–Kier alpha value is -2.98. The minimum Gasteiger partial charge on any atom is -0.355 e. The zero-order valence-electron chi connectivity index (χ0n) is 20.3. The van der Waals surface area contributed by atoms with Crippen molar-refractivity contribution < 1.29 is 22.4 Å². The van der Waals surface area contributed by atoms with Crippen LogP contribution in [-0.2, 0) is 26.3 Å². The van der Waals surface area contributed by atoms with Gasteiger partial charge in [0.15, 0.2) is 0 Å². The van der Waals surface area contributed by atoms with Crippen LogP contribution in [0.5, 0.6) is 0 Å². The maximum atomic E-state index is 14.6. The Balaban J connectivity index is 2.51. The SMILES string of the molecule is CCNC(=O)[C@@H](CC)N(Cc1cccc(C)c1)C(=O)CN(c1ccccc1F)S(=O)(=O)N(C)C. The third kappa shape index (κ3) is 6.54. The molecule has 0 aliphatic rings. The molecular formula is C24H33FN4O4S. The van der Waals surface area contributed by atoms with Gasteiger partial charge < -0.3 is 10.2 Å². The Morgan fingerprint density at radius 1 is 1.06 bits per heavy atom. The molecule has 186 valence electrons. The lowest BCUT2D eigenvalue weighted by molar-refractivity contribution is -0.140. The molecule has 10 heteroatoms. The molecule has 0 aromatic heterocycles. The highest BCUT2D eigenvalue weighted by molar-refractivity contribution is 7.90. The Bertz CT molecular complexity index is 1110. The van der Waals surface area contributed by atoms with Gasteiger partial charge in [-0.3, -0.25) is 9.59 Å². The van der Waals surface area contributed by atoms with Crippen LogP contribution in [0.3, 0.4) is 0 Å². The quantitative estimate of drug-likeness (QED) is 0.522. The molecule has 1 atom stereocenters. The van der Waals surface area contributed by atoms with Crippen molar-refractivity contribution in [1.82, 2.24) is 14.5 Å². The summed E-state index contributed by atoms with van der Waals surface area (Å²) in [5, 5.41) is 2.74. The van der Waals surface area contributed by atoms with E-state index in [9.17, 15) is 22.4 Å². The number of nitrogens with one attached hydrogen (secondary N) is 1. The summed E-state index contributed by atoms with van der Waals surface area (Å²) in [6.07, 6.45) is 0.323. The van der Waals surface area contributed by atoms with Gasteiger partial charge in [0, 0.05) is 27.2 Å². The van der Waals surface area contributed by atoms with Gasteiger partial charge in [0.25, 0.3) is 0 Å². The van der Waals surface area contributed by atoms with Gasteiger partial charge in [-0.1, -0.05) is 48.9 Å². The van der Waals surface area contributed by atoms with Crippen molar-refractivity contribution in [3.05, 3.63) is 65.5 Å². The summed E-state index contributed by atoms with van der Waals surface area (Å²) in [5.74, 6) is -1.73. The molecule has 34 heavy (non-hydrogen) atoms. The van der Waals surface area contributed by atoms with Gasteiger partial charge in [0.1, 0.15) is 18.4 Å². The van der Waals surface area contributed by atoms with Crippen molar-refractivity contribution in [2.45, 2.75) is 39.8 Å². The normalized spacial score (nSPS) is 12.3. The van der Waals surface area contributed by atoms with Gasteiger partial charge >= 0.3 is 10.2 Å². The molecule has 0 radical (unpaired) electrons. The first-order valence-electron chi connectivity index (χ1n) is 11.1. The number of carbonyl (C=O) groups excluding carboxylic acids is 2. The highest BCUT2D eigenvalue weighted by Gasteiger charge is 2.34. The Kier molecular flexibility index (Phi) is 9.57. The number of amides is 2. The molecule has 0 aliphatic heterocycles. The predicted molar refractivity (Wildman–Crippen MR) is 131 cm³/mol. The molecule has 0 bridgehead atoms. The fourth-order valence-corrected chi connectivity index (χ4v) is 4.64. The second kappa shape index (κ2) is 11.9. The van der Waals surface area contributed by atoms with Crippen molar-refractivity contribution in [1.29, 1.82) is 0 Å². The topological polar surface area (TPSA) is 90.0 Å². The molecule has 0 spiro atoms. The van der Waals surface area contributed by atoms with E-state index in [4.69, 9.17) is 0 Å². The highest BCUT2D eigenvalue weighted by Crippen LogP contribution is 2.24. The Labute approximate surface area is 201 Å². The molecule has 0 aliphatic carbocycles. The van der Waals surface area contributed by atoms with Crippen LogP contribution in [0.15, 0.2) is 48.5 Å². The lowest BCUT2D eigenvalue weighted by Gasteiger charge is -2.34. The summed E-state index contributed by atoms with van der Waals surface area (Å²) in [7, 11) is -1.59. The summed E-state index contributed by atoms with van der Waals surface area (Å²) < 4.78 is 42.4. The van der Waals surface area contributed by atoms with Crippen molar-refractivity contribution in [2.75, 3.05) is 31.5 Å². The van der Waals surface area contributed by atoms with Gasteiger partial charge in [0.05, 0.1) is 5.69 Å². The van der Waals surface area contributed by atoms with Crippen LogP contribution >= 0.6 is 0 Å². The number of para-hydroxylation sites is 1. The molecule has 2 rings (SSSR count). The fraction of sp³-hybridized carbons (Fsp3) is 0.417. The Morgan fingerprint density at radius 2 is 1.74 bits per heavy atom. The van der Waals surface area contributed by atoms with Crippen LogP contribution in [0, 0.1) is 12.7 Å². The molecular weight excluding hydrogens is 459 g/mol. The van der Waals surface area contributed by atoms with Gasteiger partial charge in [-0.15, -0.1) is 0 Å². The lowest BCUT2D eigenvalue weighted by atomic mass is 10.1. The second-order valence-corrected chi connectivity index (χ2v) is 10.1. The number of carbonyl (C=O) groups is 2. The monoisotopic (exact) mass is 492 g/mol. The Morgan fingerprint density at radius 3 is 2.29 bits per heavy atom. The molecule has 2 amide bonds. The van der Waals surface area contributed by atoms with Gasteiger partial charge in [-0.2, -0.15) is 12.7 Å². The molecule has 2 aromatic carbocycles. The lowest BCUT2D eigenvalue weighted by Crippen LogP contribution is -2.53. The van der Waals surface area contributed by atoms with E-state index in [1.54, 1.807) is 13.8 Å². The minimum atomic E-state index is -4.21. The number of halogens is 1. The maximum absolute atomic E-state index is 14.6. The van der Waals surface area contributed by atoms with Crippen LogP contribution in [0.1, 0.15) is 31.4 Å². The van der Waals surface area contributed by atoms with Gasteiger partial charge in [-0.05, 0) is 38.0 Å². The molecule has 1 N–H and O–H groups in total. The third-order valence-electron chi connectivity index (χ3n) is 5.31. The van der Waals surface area contributed by atoms with E-state index in [0.717, 1.165) is 25.8 Å². The van der Waals surface area contributed by atoms with E-state index in [2.05, 4.69) is 5.32 Å². The second-order valence-electron chi connectivity index (χ2n) is 8.08. The van der Waals surface area contributed by atoms with Gasteiger partial charge in [0.2, 0.25) is 11.8 Å². The summed E-state index contributed by atoms with van der Waals surface area (Å²) in [4.78, 5) is 27.8. The summed E-state index contributed by atoms with van der Waals surface area (Å²) in [5.41, 5.74) is 1.54. The van der Waals surface area contributed by atoms with E-state index in [1.807, 2.05) is 31.2 Å². The van der Waals surface area contributed by atoms with E-state index >= 15 is 0 Å². The van der Waals surface area contributed by atoms with Crippen molar-refractivity contribution in [2.24, 2.45) is 0 Å². The van der Waals surface area contributed by atoms with E-state index in [1.165, 1.54) is 37.2 Å². The van der Waals surface area contributed by atoms with Crippen molar-refractivity contribution >= 4 is 27.7 Å². The van der Waals surface area contributed by atoms with Crippen LogP contribution in [0.2, 0.25) is 0 Å². The van der Waals surface area contributed by atoms with Crippen molar-refractivity contribution in [3.63, 3.8) is 0 Å². The zero-order chi connectivity index (χ0) is 25.5. The maximum Gasteiger partial charge on any atom is 0.304 e. The minimum absolute atomic E-state index is 0.100. The number of benzene rings is 2. The molecule has 0 saturated carbocycles. The first kappa shape index (κ1) is 27.3. The van der Waals surface area contributed by atoms with Crippen LogP contribution < -0.4 is 9.62 Å². The van der Waals surface area contributed by atoms with Crippen LogP contribution in [-0.4, -0.2) is 62.7 Å². The molecule has 0 unspecified atom stereocenters. The van der Waals surface area contributed by atoms with E-state index < -0.39 is 34.5 Å². The average Bonchev–Trinajstić information content (AvgIpc) is 2.77. The number of anilines is 1. The van der Waals surface area contributed by atoms with Crippen LogP contribution in [0.25, 0.3) is 0 Å². The average molecular weight is 493 g/mol. The molecule has 2 aromatic rings. The predicted octanol–water partition coefficient (Wildman–Crippen LogP) is 2.69. The zero-order valence-corrected chi connectivity index (χ0v) is 21.1. The number of hydrogen-bond acceptors (Lipinski definition) is 4. The summed E-state index contributed by atoms with van der Waals surface area (Å²) in [6.45, 7) is 5.30.